The van der Waals surface area contributed by atoms with Gasteiger partial charge in [-0.1, -0.05) is 24.3 Å². The average molecular weight is 398 g/mol. The van der Waals surface area contributed by atoms with Crippen LogP contribution < -0.4 is 19.0 Å². The van der Waals surface area contributed by atoms with E-state index < -0.39 is 0 Å². The molecule has 30 heavy (non-hydrogen) atoms. The van der Waals surface area contributed by atoms with E-state index >= 15 is 0 Å². The third-order valence-corrected chi connectivity index (χ3v) is 5.26. The molecular formula is C24H22N4O2. The molecule has 0 saturated heterocycles. The molecule has 0 spiro atoms. The summed E-state index contributed by atoms with van der Waals surface area (Å²) in [5.41, 5.74) is 4.19. The molecule has 0 saturated carbocycles. The number of hydrogen-bond donors (Lipinski definition) is 0. The summed E-state index contributed by atoms with van der Waals surface area (Å²) in [7, 11) is 0. The van der Waals surface area contributed by atoms with Gasteiger partial charge in [0.2, 0.25) is 0 Å². The van der Waals surface area contributed by atoms with E-state index in [0.717, 1.165) is 22.1 Å². The first-order valence-corrected chi connectivity index (χ1v) is 9.70. The van der Waals surface area contributed by atoms with Gasteiger partial charge in [-0.25, -0.2) is 8.80 Å². The molecule has 0 aliphatic rings. The van der Waals surface area contributed by atoms with Gasteiger partial charge < -0.3 is 10.2 Å². The Labute approximate surface area is 174 Å². The lowest BCUT2D eigenvalue weighted by Gasteiger charge is -2.10. The molecule has 6 heteroatoms. The molecule has 0 bridgehead atoms. The summed E-state index contributed by atoms with van der Waals surface area (Å²) >= 11 is 0. The smallest absolute Gasteiger partial charge is 0.335 e. The highest BCUT2D eigenvalue weighted by Crippen LogP contribution is 2.19. The topological polar surface area (TPSA) is 80.1 Å². The quantitative estimate of drug-likeness (QED) is 0.296. The number of nitrogens with zero attached hydrogens (tertiary/aromatic N) is 4. The van der Waals surface area contributed by atoms with Crippen LogP contribution >= 0.6 is 0 Å². The second kappa shape index (κ2) is 7.55. The molecule has 1 aromatic carbocycles. The zero-order valence-electron chi connectivity index (χ0n) is 17.4. The van der Waals surface area contributed by atoms with Gasteiger partial charge in [0.05, 0.1) is 17.8 Å². The SMILES string of the molecule is Cc1nc2c3ccccc3cc[n+]2c(C)c1[O-].Cc1nc2cccc[n+]2c(C)c1[O-]. The lowest BCUT2D eigenvalue weighted by Crippen LogP contribution is -2.29. The van der Waals surface area contributed by atoms with Gasteiger partial charge in [0.15, 0.2) is 0 Å². The first-order valence-electron chi connectivity index (χ1n) is 9.70. The molecule has 0 amide bonds. The number of aryl methyl sites for hydroxylation is 4. The Morgan fingerprint density at radius 3 is 2.07 bits per heavy atom. The Balaban J connectivity index is 0.000000151. The minimum absolute atomic E-state index is 0.0118. The summed E-state index contributed by atoms with van der Waals surface area (Å²) in [6.07, 6.45) is 3.75. The monoisotopic (exact) mass is 398 g/mol. The summed E-state index contributed by atoms with van der Waals surface area (Å²) < 4.78 is 3.66. The Hall–Kier alpha value is -3.80. The number of hydrogen-bond acceptors (Lipinski definition) is 4. The molecule has 5 aromatic rings. The third kappa shape index (κ3) is 3.26. The molecule has 0 aliphatic carbocycles. The standard InChI is InChI=1S/C14H12N2O.C10H10N2O/c1-9-13(17)10(2)16-8-7-11-5-3-4-6-12(11)14(16)15-9;1-7-10(13)8(2)12-6-4-3-5-9(12)11-7/h3-8H,1-2H3;3-6H,1-2H3. The van der Waals surface area contributed by atoms with E-state index in [1.54, 1.807) is 18.2 Å². The maximum absolute atomic E-state index is 11.8. The van der Waals surface area contributed by atoms with Crippen molar-refractivity contribution in [3.8, 4) is 11.5 Å². The Bertz CT molecular complexity index is 1410. The highest BCUT2D eigenvalue weighted by atomic mass is 16.3. The fraction of sp³-hybridized carbons (Fsp3) is 0.167. The van der Waals surface area contributed by atoms with E-state index in [0.29, 0.717) is 22.8 Å². The molecule has 4 aromatic heterocycles. The van der Waals surface area contributed by atoms with Crippen LogP contribution in [0, 0.1) is 27.7 Å². The van der Waals surface area contributed by atoms with Gasteiger partial charge in [-0.05, 0) is 58.9 Å². The fourth-order valence-corrected chi connectivity index (χ4v) is 3.57. The van der Waals surface area contributed by atoms with Crippen LogP contribution in [0.3, 0.4) is 0 Å². The maximum Gasteiger partial charge on any atom is 0.335 e. The molecule has 0 aliphatic heterocycles. The van der Waals surface area contributed by atoms with Gasteiger partial charge in [0.25, 0.3) is 0 Å². The summed E-state index contributed by atoms with van der Waals surface area (Å²) in [6, 6.07) is 15.8. The molecule has 0 unspecified atom stereocenters. The predicted octanol–water partition coefficient (Wildman–Crippen LogP) is 2.17. The lowest BCUT2D eigenvalue weighted by atomic mass is 10.1. The normalized spacial score (nSPS) is 10.9. The molecule has 150 valence electrons. The minimum atomic E-state index is 0.0118. The van der Waals surface area contributed by atoms with Crippen molar-refractivity contribution in [1.82, 2.24) is 9.97 Å². The predicted molar refractivity (Wildman–Crippen MR) is 110 cm³/mol. The summed E-state index contributed by atoms with van der Waals surface area (Å²) in [5, 5.41) is 25.5. The molecule has 0 N–H and O–H groups in total. The molecule has 0 fully saturated rings. The van der Waals surface area contributed by atoms with Crippen molar-refractivity contribution in [2.75, 3.05) is 0 Å². The molecule has 0 atom stereocenters. The van der Waals surface area contributed by atoms with Crippen LogP contribution in [0.5, 0.6) is 11.5 Å². The van der Waals surface area contributed by atoms with Crippen LogP contribution in [0.1, 0.15) is 22.8 Å². The van der Waals surface area contributed by atoms with Crippen molar-refractivity contribution in [3.63, 3.8) is 0 Å². The van der Waals surface area contributed by atoms with Gasteiger partial charge in [0.1, 0.15) is 22.8 Å². The summed E-state index contributed by atoms with van der Waals surface area (Å²) in [5.74, 6) is 0.0291. The van der Waals surface area contributed by atoms with E-state index in [1.165, 1.54) is 0 Å². The number of benzene rings is 1. The van der Waals surface area contributed by atoms with Gasteiger partial charge in [-0.15, -0.1) is 0 Å². The molecule has 5 rings (SSSR count). The van der Waals surface area contributed by atoms with Gasteiger partial charge in [0, 0.05) is 19.9 Å². The van der Waals surface area contributed by atoms with Crippen molar-refractivity contribution >= 4 is 22.1 Å². The average Bonchev–Trinajstić information content (AvgIpc) is 2.76. The van der Waals surface area contributed by atoms with Crippen LogP contribution in [0.2, 0.25) is 0 Å². The first-order chi connectivity index (χ1) is 14.4. The summed E-state index contributed by atoms with van der Waals surface area (Å²) in [6.45, 7) is 7.14. The Morgan fingerprint density at radius 1 is 0.667 bits per heavy atom. The van der Waals surface area contributed by atoms with Crippen LogP contribution in [0.25, 0.3) is 22.1 Å². The van der Waals surface area contributed by atoms with E-state index in [4.69, 9.17) is 0 Å². The zero-order valence-corrected chi connectivity index (χ0v) is 17.4. The number of aromatic nitrogens is 4. The molecule has 0 radical (unpaired) electrons. The van der Waals surface area contributed by atoms with Crippen LogP contribution in [-0.2, 0) is 0 Å². The Kier molecular flexibility index (Phi) is 4.91. The first kappa shape index (κ1) is 19.5. The Morgan fingerprint density at radius 2 is 1.30 bits per heavy atom. The van der Waals surface area contributed by atoms with Crippen molar-refractivity contribution in [2.45, 2.75) is 27.7 Å². The summed E-state index contributed by atoms with van der Waals surface area (Å²) in [4.78, 5) is 8.60. The number of pyridine rings is 2. The molecule has 6 nitrogen and oxygen atoms in total. The van der Waals surface area contributed by atoms with Crippen LogP contribution in [-0.4, -0.2) is 9.97 Å². The molecular weight excluding hydrogens is 376 g/mol. The van der Waals surface area contributed by atoms with Crippen molar-refractivity contribution in [3.05, 3.63) is 83.7 Å². The van der Waals surface area contributed by atoms with E-state index in [2.05, 4.69) is 9.97 Å². The second-order valence-electron chi connectivity index (χ2n) is 7.25. The van der Waals surface area contributed by atoms with E-state index in [9.17, 15) is 10.2 Å². The largest absolute Gasteiger partial charge is 0.867 e. The number of fused-ring (bicyclic) bond motifs is 4. The third-order valence-electron chi connectivity index (χ3n) is 5.26. The highest BCUT2D eigenvalue weighted by molar-refractivity contribution is 5.91. The highest BCUT2D eigenvalue weighted by Gasteiger charge is 2.14. The second-order valence-corrected chi connectivity index (χ2v) is 7.25. The van der Waals surface area contributed by atoms with E-state index in [-0.39, 0.29) is 11.5 Å². The zero-order chi connectivity index (χ0) is 21.4. The van der Waals surface area contributed by atoms with Crippen LogP contribution in [0.15, 0.2) is 60.9 Å². The van der Waals surface area contributed by atoms with Crippen molar-refractivity contribution in [1.29, 1.82) is 0 Å². The van der Waals surface area contributed by atoms with Crippen LogP contribution in [0.4, 0.5) is 0 Å². The van der Waals surface area contributed by atoms with Crippen molar-refractivity contribution in [2.24, 2.45) is 0 Å². The van der Waals surface area contributed by atoms with E-state index in [1.807, 2.05) is 79.2 Å². The molecule has 4 heterocycles. The van der Waals surface area contributed by atoms with Crippen molar-refractivity contribution < 1.29 is 19.0 Å². The fourth-order valence-electron chi connectivity index (χ4n) is 3.57. The van der Waals surface area contributed by atoms with Gasteiger partial charge >= 0.3 is 11.3 Å². The maximum atomic E-state index is 11.8. The van der Waals surface area contributed by atoms with Gasteiger partial charge in [-0.3, -0.25) is 0 Å². The minimum Gasteiger partial charge on any atom is -0.867 e. The lowest BCUT2D eigenvalue weighted by molar-refractivity contribution is -0.528. The van der Waals surface area contributed by atoms with Gasteiger partial charge in [-0.2, -0.15) is 0 Å². The number of rotatable bonds is 0.